The molecule has 2 atom stereocenters. The molecule has 1 aromatic rings. The summed E-state index contributed by atoms with van der Waals surface area (Å²) >= 11 is 0.875. The van der Waals surface area contributed by atoms with E-state index in [0.29, 0.717) is 44.2 Å². The molecule has 11 heteroatoms. The molecule has 2 aliphatic rings. The highest BCUT2D eigenvalue weighted by atomic mass is 35.5. The van der Waals surface area contributed by atoms with Gasteiger partial charge in [0, 0.05) is 38.8 Å². The zero-order valence-electron chi connectivity index (χ0n) is 14.3. The summed E-state index contributed by atoms with van der Waals surface area (Å²) in [7, 11) is 0. The molecule has 1 N–H and O–H groups in total. The summed E-state index contributed by atoms with van der Waals surface area (Å²) in [4.78, 5) is 39.0. The van der Waals surface area contributed by atoms with Gasteiger partial charge in [-0.05, 0) is 13.0 Å². The van der Waals surface area contributed by atoms with Crippen molar-refractivity contribution in [2.45, 2.75) is 19.1 Å². The highest BCUT2D eigenvalue weighted by molar-refractivity contribution is 7.17. The molecule has 3 heterocycles. The summed E-state index contributed by atoms with van der Waals surface area (Å²) in [5.41, 5.74) is 0. The summed E-state index contributed by atoms with van der Waals surface area (Å²) < 4.78 is 5.51. The van der Waals surface area contributed by atoms with Crippen LogP contribution in [0.25, 0.3) is 0 Å². The van der Waals surface area contributed by atoms with E-state index < -0.39 is 4.92 Å². The lowest BCUT2D eigenvalue weighted by Gasteiger charge is -2.38. The molecule has 0 aliphatic carbocycles. The Hall–Kier alpha value is -1.75. The van der Waals surface area contributed by atoms with Crippen LogP contribution in [0.5, 0.6) is 0 Å². The Balaban J connectivity index is 0.00000243. The molecule has 0 spiro atoms. The number of ether oxygens (including phenoxy) is 1. The van der Waals surface area contributed by atoms with Crippen LogP contribution >= 0.6 is 23.7 Å². The molecule has 0 saturated carbocycles. The van der Waals surface area contributed by atoms with E-state index in [1.807, 2.05) is 6.92 Å². The lowest BCUT2D eigenvalue weighted by molar-refractivity contribution is -0.380. The predicted molar refractivity (Wildman–Crippen MR) is 97.9 cm³/mol. The second kappa shape index (κ2) is 8.76. The molecule has 1 aromatic heterocycles. The van der Waals surface area contributed by atoms with Crippen LogP contribution in [0.3, 0.4) is 0 Å². The summed E-state index contributed by atoms with van der Waals surface area (Å²) in [6.07, 6.45) is -0.174. The Labute approximate surface area is 160 Å². The van der Waals surface area contributed by atoms with Gasteiger partial charge in [0.05, 0.1) is 22.5 Å². The normalized spacial score (nSPS) is 23.3. The monoisotopic (exact) mass is 404 g/mol. The summed E-state index contributed by atoms with van der Waals surface area (Å²) in [5.74, 6) is -0.233. The number of nitrogens with one attached hydrogen (secondary N) is 1. The molecule has 144 valence electrons. The standard InChI is InChI=1S/C15H20N4O5S.ClH/c1-10-13(16-4-9-24-10)15(21)18-7-5-17(6-8-18)14(20)11-2-3-12(25-11)19(22)23;/h2-3,10,13,16H,4-9H2,1H3;1H/t10-,13+;/m1./s1. The van der Waals surface area contributed by atoms with Gasteiger partial charge in [0.25, 0.3) is 5.91 Å². The predicted octanol–water partition coefficient (Wildman–Crippen LogP) is 0.739. The largest absolute Gasteiger partial charge is 0.375 e. The first kappa shape index (κ1) is 20.6. The number of morpholine rings is 1. The van der Waals surface area contributed by atoms with Crippen molar-refractivity contribution >= 4 is 40.6 Å². The van der Waals surface area contributed by atoms with E-state index in [9.17, 15) is 19.7 Å². The number of hydrogen-bond donors (Lipinski definition) is 1. The Bertz CT molecular complexity index is 677. The summed E-state index contributed by atoms with van der Waals surface area (Å²) in [6, 6.07) is 2.47. The number of carbonyl (C=O) groups excluding carboxylic acids is 2. The van der Waals surface area contributed by atoms with E-state index in [-0.39, 0.29) is 41.4 Å². The quantitative estimate of drug-likeness (QED) is 0.588. The molecular formula is C15H21ClN4O5S. The number of rotatable bonds is 3. The van der Waals surface area contributed by atoms with Gasteiger partial charge in [-0.2, -0.15) is 0 Å². The lowest BCUT2D eigenvalue weighted by Crippen LogP contribution is -2.60. The Morgan fingerprint density at radius 1 is 1.27 bits per heavy atom. The first-order valence-electron chi connectivity index (χ1n) is 8.14. The van der Waals surface area contributed by atoms with Crippen molar-refractivity contribution in [1.82, 2.24) is 15.1 Å². The SMILES string of the molecule is C[C@H]1OCCN[C@@H]1C(=O)N1CCN(C(=O)c2ccc([N+](=O)[O-])s2)CC1.Cl. The molecule has 2 saturated heterocycles. The zero-order valence-corrected chi connectivity index (χ0v) is 15.9. The maximum absolute atomic E-state index is 12.6. The smallest absolute Gasteiger partial charge is 0.324 e. The Morgan fingerprint density at radius 2 is 1.92 bits per heavy atom. The first-order valence-corrected chi connectivity index (χ1v) is 8.96. The minimum atomic E-state index is -0.502. The molecule has 0 radical (unpaired) electrons. The molecule has 0 bridgehead atoms. The number of nitro groups is 1. The number of nitrogens with zero attached hydrogens (tertiary/aromatic N) is 3. The van der Waals surface area contributed by atoms with Gasteiger partial charge in [-0.1, -0.05) is 11.3 Å². The van der Waals surface area contributed by atoms with Crippen molar-refractivity contribution in [3.63, 3.8) is 0 Å². The molecule has 9 nitrogen and oxygen atoms in total. The molecule has 3 rings (SSSR count). The average Bonchev–Trinajstić information content (AvgIpc) is 3.11. The Morgan fingerprint density at radius 3 is 2.50 bits per heavy atom. The number of halogens is 1. The molecule has 0 unspecified atom stereocenters. The van der Waals surface area contributed by atoms with Crippen LogP contribution in [0.2, 0.25) is 0 Å². The fourth-order valence-electron chi connectivity index (χ4n) is 3.03. The van der Waals surface area contributed by atoms with Gasteiger partial charge in [0.1, 0.15) is 6.04 Å². The van der Waals surface area contributed by atoms with Gasteiger partial charge in [0.2, 0.25) is 5.91 Å². The fraction of sp³-hybridized carbons (Fsp3) is 0.600. The van der Waals surface area contributed by atoms with E-state index in [0.717, 1.165) is 11.3 Å². The van der Waals surface area contributed by atoms with E-state index >= 15 is 0 Å². The second-order valence-corrected chi connectivity index (χ2v) is 7.08. The minimum absolute atomic E-state index is 0. The minimum Gasteiger partial charge on any atom is -0.375 e. The zero-order chi connectivity index (χ0) is 18.0. The number of thiophene rings is 1. The molecule has 0 aromatic carbocycles. The van der Waals surface area contributed by atoms with E-state index in [1.54, 1.807) is 9.80 Å². The van der Waals surface area contributed by atoms with Crippen molar-refractivity contribution in [1.29, 1.82) is 0 Å². The van der Waals surface area contributed by atoms with Crippen LogP contribution in [0.1, 0.15) is 16.6 Å². The summed E-state index contributed by atoms with van der Waals surface area (Å²) in [5, 5.41) is 13.9. The third-order valence-corrected chi connectivity index (χ3v) is 5.47. The van der Waals surface area contributed by atoms with Crippen LogP contribution < -0.4 is 5.32 Å². The van der Waals surface area contributed by atoms with E-state index in [2.05, 4.69) is 5.32 Å². The maximum atomic E-state index is 12.6. The molecule has 26 heavy (non-hydrogen) atoms. The topological polar surface area (TPSA) is 105 Å². The van der Waals surface area contributed by atoms with Crippen LogP contribution in [-0.2, 0) is 9.53 Å². The molecule has 2 fully saturated rings. The molecular weight excluding hydrogens is 384 g/mol. The highest BCUT2D eigenvalue weighted by Gasteiger charge is 2.34. The van der Waals surface area contributed by atoms with Crippen LogP contribution in [0.15, 0.2) is 12.1 Å². The van der Waals surface area contributed by atoms with Crippen LogP contribution in [0.4, 0.5) is 5.00 Å². The Kier molecular flexibility index (Phi) is 6.93. The van der Waals surface area contributed by atoms with Crippen molar-refractivity contribution < 1.29 is 19.2 Å². The third-order valence-electron chi connectivity index (χ3n) is 4.44. The van der Waals surface area contributed by atoms with Crippen LogP contribution in [0, 0.1) is 10.1 Å². The highest BCUT2D eigenvalue weighted by Crippen LogP contribution is 2.25. The van der Waals surface area contributed by atoms with Crippen molar-refractivity contribution in [2.24, 2.45) is 0 Å². The fourth-order valence-corrected chi connectivity index (χ4v) is 3.82. The third kappa shape index (κ3) is 4.32. The maximum Gasteiger partial charge on any atom is 0.324 e. The van der Waals surface area contributed by atoms with Gasteiger partial charge >= 0.3 is 5.00 Å². The van der Waals surface area contributed by atoms with Gasteiger partial charge in [-0.3, -0.25) is 19.7 Å². The van der Waals surface area contributed by atoms with Crippen LogP contribution in [-0.4, -0.2) is 78.0 Å². The lowest BCUT2D eigenvalue weighted by atomic mass is 10.1. The molecule has 2 aliphatic heterocycles. The summed E-state index contributed by atoms with van der Waals surface area (Å²) in [6.45, 7) is 4.84. The van der Waals surface area contributed by atoms with Crippen molar-refractivity contribution in [2.75, 3.05) is 39.3 Å². The number of piperazine rings is 1. The second-order valence-electron chi connectivity index (χ2n) is 6.02. The van der Waals surface area contributed by atoms with Crippen molar-refractivity contribution in [3.8, 4) is 0 Å². The van der Waals surface area contributed by atoms with Gasteiger partial charge in [-0.25, -0.2) is 0 Å². The number of hydrogen-bond acceptors (Lipinski definition) is 7. The average molecular weight is 405 g/mol. The van der Waals surface area contributed by atoms with Gasteiger partial charge in [-0.15, -0.1) is 12.4 Å². The molecule has 2 amide bonds. The number of amides is 2. The van der Waals surface area contributed by atoms with E-state index in [1.165, 1.54) is 12.1 Å². The van der Waals surface area contributed by atoms with Gasteiger partial charge in [0.15, 0.2) is 0 Å². The van der Waals surface area contributed by atoms with Crippen molar-refractivity contribution in [3.05, 3.63) is 27.1 Å². The van der Waals surface area contributed by atoms with E-state index in [4.69, 9.17) is 4.74 Å². The first-order chi connectivity index (χ1) is 12.0. The number of carbonyl (C=O) groups is 2. The van der Waals surface area contributed by atoms with Gasteiger partial charge < -0.3 is 19.9 Å².